The molecule has 0 bridgehead atoms. The first-order valence-electron chi connectivity index (χ1n) is 8.99. The molecule has 0 aliphatic carbocycles. The fraction of sp³-hybridized carbons (Fsp3) is 0.300. The molecule has 0 radical (unpaired) electrons. The van der Waals surface area contributed by atoms with Crippen LogP contribution in [0.2, 0.25) is 0 Å². The molecule has 1 saturated heterocycles. The van der Waals surface area contributed by atoms with Gasteiger partial charge in [0.15, 0.2) is 0 Å². The Hall–Kier alpha value is -3.16. The molecule has 3 amide bonds. The average molecular weight is 388 g/mol. The Balaban J connectivity index is 1.79. The molecule has 1 fully saturated rings. The van der Waals surface area contributed by atoms with Crippen molar-refractivity contribution in [2.24, 2.45) is 0 Å². The summed E-state index contributed by atoms with van der Waals surface area (Å²) in [6.07, 6.45) is 1.96. The van der Waals surface area contributed by atoms with Crippen LogP contribution in [0.1, 0.15) is 23.2 Å². The quantitative estimate of drug-likeness (QED) is 0.835. The van der Waals surface area contributed by atoms with Crippen LogP contribution in [0.25, 0.3) is 0 Å². The summed E-state index contributed by atoms with van der Waals surface area (Å²) in [7, 11) is 3.68. The second kappa shape index (κ2) is 8.24. The summed E-state index contributed by atoms with van der Waals surface area (Å²) in [5, 5.41) is 4.91. The summed E-state index contributed by atoms with van der Waals surface area (Å²) in [5.74, 6) is -1.69. The first-order chi connectivity index (χ1) is 13.3. The number of carbonyl (C=O) groups excluding carboxylic acids is 2. The van der Waals surface area contributed by atoms with Crippen molar-refractivity contribution in [1.29, 1.82) is 0 Å². The second-order valence-corrected chi connectivity index (χ2v) is 6.83. The van der Waals surface area contributed by atoms with E-state index in [2.05, 4.69) is 10.6 Å². The van der Waals surface area contributed by atoms with Gasteiger partial charge in [0, 0.05) is 44.6 Å². The number of nitrogens with one attached hydrogen (secondary N) is 2. The summed E-state index contributed by atoms with van der Waals surface area (Å²) in [5.41, 5.74) is 1.48. The van der Waals surface area contributed by atoms with Crippen molar-refractivity contribution >= 4 is 29.0 Å². The zero-order chi connectivity index (χ0) is 20.3. The largest absolute Gasteiger partial charge is 0.377 e. The molecule has 0 saturated carbocycles. The van der Waals surface area contributed by atoms with Crippen LogP contribution < -0.4 is 15.5 Å². The minimum absolute atomic E-state index is 0.0881. The van der Waals surface area contributed by atoms with Crippen LogP contribution in [0, 0.1) is 11.6 Å². The van der Waals surface area contributed by atoms with Gasteiger partial charge >= 0.3 is 6.03 Å². The Labute approximate surface area is 162 Å². The number of amides is 3. The standard InChI is InChI=1S/C20H22F2N4O2/c1-25(2)18-8-6-14(12-15(18)19(27)26-9-3-4-10-26)23-20(28)24-17-7-5-13(21)11-16(17)22/h5-8,11-12H,3-4,9-10H2,1-2H3,(H2,23,24,28). The van der Waals surface area contributed by atoms with E-state index >= 15 is 0 Å². The molecule has 1 aliphatic heterocycles. The number of halogens is 2. The van der Waals surface area contributed by atoms with Gasteiger partial charge in [-0.1, -0.05) is 0 Å². The molecule has 28 heavy (non-hydrogen) atoms. The summed E-state index contributed by atoms with van der Waals surface area (Å²) in [6, 6.07) is 7.21. The summed E-state index contributed by atoms with van der Waals surface area (Å²) in [4.78, 5) is 28.7. The smallest absolute Gasteiger partial charge is 0.323 e. The maximum Gasteiger partial charge on any atom is 0.323 e. The molecular formula is C20H22F2N4O2. The van der Waals surface area contributed by atoms with Gasteiger partial charge in [0.25, 0.3) is 5.91 Å². The van der Waals surface area contributed by atoms with Gasteiger partial charge in [0.1, 0.15) is 11.6 Å². The van der Waals surface area contributed by atoms with Gasteiger partial charge in [-0.15, -0.1) is 0 Å². The van der Waals surface area contributed by atoms with E-state index in [1.165, 1.54) is 0 Å². The molecule has 2 N–H and O–H groups in total. The van der Waals surface area contributed by atoms with E-state index in [-0.39, 0.29) is 11.6 Å². The van der Waals surface area contributed by atoms with E-state index in [1.54, 1.807) is 23.1 Å². The van der Waals surface area contributed by atoms with Gasteiger partial charge in [0.05, 0.1) is 11.3 Å². The molecule has 0 atom stereocenters. The number of benzene rings is 2. The number of carbonyl (C=O) groups is 2. The highest BCUT2D eigenvalue weighted by Gasteiger charge is 2.23. The van der Waals surface area contributed by atoms with E-state index in [9.17, 15) is 18.4 Å². The third-order valence-corrected chi connectivity index (χ3v) is 4.54. The lowest BCUT2D eigenvalue weighted by Crippen LogP contribution is -2.29. The normalized spacial score (nSPS) is 13.4. The third kappa shape index (κ3) is 4.39. The van der Waals surface area contributed by atoms with Crippen LogP contribution >= 0.6 is 0 Å². The number of urea groups is 1. The Morgan fingerprint density at radius 2 is 1.71 bits per heavy atom. The summed E-state index contributed by atoms with van der Waals surface area (Å²) < 4.78 is 26.7. The Morgan fingerprint density at radius 1 is 1.00 bits per heavy atom. The molecule has 0 spiro atoms. The highest BCUT2D eigenvalue weighted by atomic mass is 19.1. The van der Waals surface area contributed by atoms with Crippen LogP contribution in [-0.4, -0.2) is 44.0 Å². The van der Waals surface area contributed by atoms with Crippen LogP contribution in [0.3, 0.4) is 0 Å². The Kier molecular flexibility index (Phi) is 5.77. The molecule has 1 heterocycles. The van der Waals surface area contributed by atoms with Crippen molar-refractivity contribution in [1.82, 2.24) is 4.90 Å². The molecule has 2 aromatic rings. The lowest BCUT2D eigenvalue weighted by molar-refractivity contribution is 0.0793. The molecule has 148 valence electrons. The molecule has 8 heteroatoms. The number of rotatable bonds is 4. The van der Waals surface area contributed by atoms with E-state index in [0.717, 1.165) is 30.7 Å². The van der Waals surface area contributed by atoms with Gasteiger partial charge in [0.2, 0.25) is 0 Å². The first kappa shape index (κ1) is 19.6. The zero-order valence-corrected chi connectivity index (χ0v) is 15.8. The number of likely N-dealkylation sites (tertiary alicyclic amines) is 1. The number of hydrogen-bond acceptors (Lipinski definition) is 3. The third-order valence-electron chi connectivity index (χ3n) is 4.54. The average Bonchev–Trinajstić information content (AvgIpc) is 3.18. The maximum absolute atomic E-state index is 13.7. The SMILES string of the molecule is CN(C)c1ccc(NC(=O)Nc2ccc(F)cc2F)cc1C(=O)N1CCCC1. The lowest BCUT2D eigenvalue weighted by atomic mass is 10.1. The first-order valence-corrected chi connectivity index (χ1v) is 8.99. The maximum atomic E-state index is 13.7. The topological polar surface area (TPSA) is 64.7 Å². The van der Waals surface area contributed by atoms with Crippen molar-refractivity contribution in [3.63, 3.8) is 0 Å². The minimum atomic E-state index is -0.872. The molecule has 1 aliphatic rings. The Morgan fingerprint density at radius 3 is 2.36 bits per heavy atom. The minimum Gasteiger partial charge on any atom is -0.377 e. The molecule has 0 aromatic heterocycles. The molecule has 2 aromatic carbocycles. The fourth-order valence-electron chi connectivity index (χ4n) is 3.14. The van der Waals surface area contributed by atoms with Crippen LogP contribution in [-0.2, 0) is 0 Å². The van der Waals surface area contributed by atoms with Crippen LogP contribution in [0.4, 0.5) is 30.6 Å². The lowest BCUT2D eigenvalue weighted by Gasteiger charge is -2.22. The van der Waals surface area contributed by atoms with Crippen molar-refractivity contribution in [3.8, 4) is 0 Å². The zero-order valence-electron chi connectivity index (χ0n) is 15.8. The van der Waals surface area contributed by atoms with E-state index < -0.39 is 17.7 Å². The predicted molar refractivity (Wildman–Crippen MR) is 105 cm³/mol. The van der Waals surface area contributed by atoms with E-state index in [1.807, 2.05) is 19.0 Å². The van der Waals surface area contributed by atoms with Crippen molar-refractivity contribution in [3.05, 3.63) is 53.6 Å². The monoisotopic (exact) mass is 388 g/mol. The van der Waals surface area contributed by atoms with Crippen molar-refractivity contribution in [2.75, 3.05) is 42.7 Å². The van der Waals surface area contributed by atoms with Gasteiger partial charge in [-0.05, 0) is 43.2 Å². The van der Waals surface area contributed by atoms with Crippen LogP contribution in [0.15, 0.2) is 36.4 Å². The number of anilines is 3. The molecular weight excluding hydrogens is 366 g/mol. The van der Waals surface area contributed by atoms with Crippen molar-refractivity contribution < 1.29 is 18.4 Å². The van der Waals surface area contributed by atoms with E-state index in [0.29, 0.717) is 30.4 Å². The second-order valence-electron chi connectivity index (χ2n) is 6.83. The Bertz CT molecular complexity index is 896. The summed E-state index contributed by atoms with van der Waals surface area (Å²) >= 11 is 0. The van der Waals surface area contributed by atoms with Gasteiger partial charge < -0.3 is 20.4 Å². The predicted octanol–water partition coefficient (Wildman–Crippen LogP) is 3.91. The van der Waals surface area contributed by atoms with Crippen LogP contribution in [0.5, 0.6) is 0 Å². The number of nitrogens with zero attached hydrogens (tertiary/aromatic N) is 2. The van der Waals surface area contributed by atoms with E-state index in [4.69, 9.17) is 0 Å². The molecule has 6 nitrogen and oxygen atoms in total. The molecule has 0 unspecified atom stereocenters. The number of hydrogen-bond donors (Lipinski definition) is 2. The highest BCUT2D eigenvalue weighted by molar-refractivity contribution is 6.04. The van der Waals surface area contributed by atoms with Crippen molar-refractivity contribution in [2.45, 2.75) is 12.8 Å². The molecule has 3 rings (SSSR count). The fourth-order valence-corrected chi connectivity index (χ4v) is 3.14. The van der Waals surface area contributed by atoms with Gasteiger partial charge in [-0.3, -0.25) is 4.79 Å². The highest BCUT2D eigenvalue weighted by Crippen LogP contribution is 2.26. The van der Waals surface area contributed by atoms with Gasteiger partial charge in [-0.2, -0.15) is 0 Å². The van der Waals surface area contributed by atoms with Gasteiger partial charge in [-0.25, -0.2) is 13.6 Å². The summed E-state index contributed by atoms with van der Waals surface area (Å²) in [6.45, 7) is 1.43.